The highest BCUT2D eigenvalue weighted by Crippen LogP contribution is 2.70. The molecule has 2 heterocycles. The van der Waals surface area contributed by atoms with Gasteiger partial charge in [-0.2, -0.15) is 0 Å². The highest BCUT2D eigenvalue weighted by atomic mass is 16.5. The molecule has 2 spiro atoms. The van der Waals surface area contributed by atoms with Gasteiger partial charge >= 0.3 is 0 Å². The highest BCUT2D eigenvalue weighted by Gasteiger charge is 2.67. The summed E-state index contributed by atoms with van der Waals surface area (Å²) in [5.41, 5.74) is 3.23. The lowest BCUT2D eigenvalue weighted by Gasteiger charge is -2.55. The van der Waals surface area contributed by atoms with E-state index in [0.29, 0.717) is 35.4 Å². The average molecular weight is 312 g/mol. The zero-order chi connectivity index (χ0) is 16.1. The van der Waals surface area contributed by atoms with Crippen LogP contribution in [-0.2, 0) is 9.53 Å². The second-order valence-electron chi connectivity index (χ2n) is 9.63. The van der Waals surface area contributed by atoms with Gasteiger partial charge in [0, 0.05) is 12.8 Å². The van der Waals surface area contributed by atoms with E-state index in [2.05, 4.69) is 32.9 Å². The Bertz CT molecular complexity index is 669. The van der Waals surface area contributed by atoms with Gasteiger partial charge in [0.25, 0.3) is 0 Å². The second-order valence-corrected chi connectivity index (χ2v) is 9.63. The van der Waals surface area contributed by atoms with Gasteiger partial charge in [-0.25, -0.2) is 0 Å². The van der Waals surface area contributed by atoms with Crippen LogP contribution >= 0.6 is 0 Å². The van der Waals surface area contributed by atoms with Gasteiger partial charge in [-0.3, -0.25) is 4.79 Å². The van der Waals surface area contributed by atoms with E-state index < -0.39 is 0 Å². The first kappa shape index (κ1) is 14.5. The average Bonchev–Trinajstić information content (AvgIpc) is 2.92. The molecule has 0 aromatic heterocycles. The maximum absolute atomic E-state index is 12.1. The number of fused-ring (bicyclic) bond motifs is 1. The van der Waals surface area contributed by atoms with Gasteiger partial charge in [-0.15, -0.1) is 0 Å². The molecular formula is C21H28O2. The Morgan fingerprint density at radius 3 is 2.78 bits per heavy atom. The lowest BCUT2D eigenvalue weighted by molar-refractivity contribution is -0.151. The Balaban J connectivity index is 1.66. The van der Waals surface area contributed by atoms with E-state index in [-0.39, 0.29) is 11.2 Å². The summed E-state index contributed by atoms with van der Waals surface area (Å²) in [6.07, 6.45) is 13.1. The van der Waals surface area contributed by atoms with Crippen LogP contribution in [0.1, 0.15) is 72.1 Å². The molecule has 1 saturated heterocycles. The fourth-order valence-corrected chi connectivity index (χ4v) is 6.68. The summed E-state index contributed by atoms with van der Waals surface area (Å²) < 4.78 is 6.97. The monoisotopic (exact) mass is 312 g/mol. The third-order valence-corrected chi connectivity index (χ3v) is 8.52. The molecule has 4 atom stereocenters. The van der Waals surface area contributed by atoms with Gasteiger partial charge in [0.15, 0.2) is 0 Å². The van der Waals surface area contributed by atoms with Crippen LogP contribution < -0.4 is 0 Å². The van der Waals surface area contributed by atoms with Crippen molar-refractivity contribution in [3.63, 3.8) is 0 Å². The molecule has 124 valence electrons. The van der Waals surface area contributed by atoms with Crippen molar-refractivity contribution in [2.45, 2.75) is 83.3 Å². The van der Waals surface area contributed by atoms with E-state index in [0.717, 1.165) is 19.3 Å². The molecule has 2 heteroatoms. The molecule has 2 aliphatic heterocycles. The number of allylic oxidation sites excluding steroid dienone is 1. The van der Waals surface area contributed by atoms with E-state index in [1.54, 1.807) is 0 Å². The summed E-state index contributed by atoms with van der Waals surface area (Å²) in [6.45, 7) is 7.38. The number of Topliss-reactive ketones (excluding diaryl/α,β-unsaturated/α-hetero) is 1. The van der Waals surface area contributed by atoms with Crippen LogP contribution in [0.4, 0.5) is 0 Å². The van der Waals surface area contributed by atoms with Gasteiger partial charge in [0.1, 0.15) is 5.78 Å². The number of hydrogen-bond donors (Lipinski definition) is 0. The third kappa shape index (κ3) is 1.52. The minimum absolute atomic E-state index is 0.0953. The van der Waals surface area contributed by atoms with E-state index in [1.165, 1.54) is 30.4 Å². The zero-order valence-corrected chi connectivity index (χ0v) is 14.7. The summed E-state index contributed by atoms with van der Waals surface area (Å²) in [6, 6.07) is 0. The van der Waals surface area contributed by atoms with Crippen LogP contribution in [0, 0.1) is 16.7 Å². The SMILES string of the molecule is CC1(C)CC[C@@H]2[C@]1(C)CC=C1C=C3CCC(=O)C[C@]34CC[C@@]12O4. The summed E-state index contributed by atoms with van der Waals surface area (Å²) in [5.74, 6) is 1.01. The Kier molecular flexibility index (Phi) is 2.52. The Morgan fingerprint density at radius 1 is 1.13 bits per heavy atom. The highest BCUT2D eigenvalue weighted by molar-refractivity contribution is 5.82. The zero-order valence-electron chi connectivity index (χ0n) is 14.7. The van der Waals surface area contributed by atoms with E-state index >= 15 is 0 Å². The minimum Gasteiger partial charge on any atom is -0.359 e. The molecule has 2 saturated carbocycles. The number of hydrogen-bond acceptors (Lipinski definition) is 2. The second kappa shape index (κ2) is 4.02. The van der Waals surface area contributed by atoms with E-state index in [9.17, 15) is 4.79 Å². The van der Waals surface area contributed by atoms with Crippen LogP contribution in [0.25, 0.3) is 0 Å². The first-order valence-corrected chi connectivity index (χ1v) is 9.45. The third-order valence-electron chi connectivity index (χ3n) is 8.52. The van der Waals surface area contributed by atoms with Crippen LogP contribution in [0.5, 0.6) is 0 Å². The van der Waals surface area contributed by atoms with Crippen molar-refractivity contribution < 1.29 is 9.53 Å². The molecule has 0 radical (unpaired) electrons. The molecule has 3 fully saturated rings. The predicted molar refractivity (Wildman–Crippen MR) is 90.0 cm³/mol. The number of carbonyl (C=O) groups excluding carboxylic acids is 1. The van der Waals surface area contributed by atoms with Crippen molar-refractivity contribution in [3.8, 4) is 0 Å². The Hall–Kier alpha value is -0.890. The molecule has 5 aliphatic rings. The minimum atomic E-state index is -0.238. The van der Waals surface area contributed by atoms with E-state index in [1.807, 2.05) is 0 Å². The van der Waals surface area contributed by atoms with Crippen molar-refractivity contribution in [3.05, 3.63) is 23.3 Å². The van der Waals surface area contributed by atoms with Crippen molar-refractivity contribution in [1.29, 1.82) is 0 Å². The van der Waals surface area contributed by atoms with Crippen molar-refractivity contribution in [2.24, 2.45) is 16.7 Å². The van der Waals surface area contributed by atoms with Crippen LogP contribution in [-0.4, -0.2) is 17.0 Å². The van der Waals surface area contributed by atoms with Crippen LogP contribution in [0.3, 0.4) is 0 Å². The van der Waals surface area contributed by atoms with Crippen molar-refractivity contribution in [2.75, 3.05) is 0 Å². The first-order chi connectivity index (χ1) is 10.8. The van der Waals surface area contributed by atoms with Gasteiger partial charge < -0.3 is 4.74 Å². The molecular weight excluding hydrogens is 284 g/mol. The van der Waals surface area contributed by atoms with Crippen LogP contribution in [0.15, 0.2) is 23.3 Å². The predicted octanol–water partition coefficient (Wildman–Crippen LogP) is 4.74. The summed E-state index contributed by atoms with van der Waals surface area (Å²) in [7, 11) is 0. The fraction of sp³-hybridized carbons (Fsp3) is 0.762. The molecule has 0 amide bonds. The topological polar surface area (TPSA) is 26.3 Å². The normalized spacial score (nSPS) is 49.9. The lowest BCUT2D eigenvalue weighted by Crippen LogP contribution is -2.55. The van der Waals surface area contributed by atoms with Crippen molar-refractivity contribution >= 4 is 5.78 Å². The molecule has 5 rings (SSSR count). The van der Waals surface area contributed by atoms with Gasteiger partial charge in [0.2, 0.25) is 0 Å². The van der Waals surface area contributed by atoms with E-state index in [4.69, 9.17) is 4.74 Å². The standard InChI is InChI=1S/C21H28O2/c1-18(2)8-7-17-19(18,3)9-6-15-12-14-4-5-16(22)13-20(14)10-11-21(15,17)23-20/h6,12,17H,4-5,7-11,13H2,1-3H3/t17-,19+,20-,21-/m1/s1. The van der Waals surface area contributed by atoms with Gasteiger partial charge in [0.05, 0.1) is 11.2 Å². The Morgan fingerprint density at radius 2 is 1.96 bits per heavy atom. The molecule has 23 heavy (non-hydrogen) atoms. The molecule has 2 nitrogen and oxygen atoms in total. The Labute approximate surface area is 139 Å². The van der Waals surface area contributed by atoms with Gasteiger partial charge in [-0.05, 0) is 66.4 Å². The number of ketones is 1. The first-order valence-electron chi connectivity index (χ1n) is 9.45. The summed E-state index contributed by atoms with van der Waals surface area (Å²) >= 11 is 0. The number of rotatable bonds is 0. The molecule has 2 bridgehead atoms. The maximum Gasteiger partial charge on any atom is 0.136 e. The lowest BCUT2D eigenvalue weighted by atomic mass is 9.55. The van der Waals surface area contributed by atoms with Gasteiger partial charge in [-0.1, -0.05) is 32.9 Å². The molecule has 3 aliphatic carbocycles. The largest absolute Gasteiger partial charge is 0.359 e. The molecule has 0 N–H and O–H groups in total. The molecule has 0 aromatic rings. The van der Waals surface area contributed by atoms with Crippen LogP contribution in [0.2, 0.25) is 0 Å². The summed E-state index contributed by atoms with van der Waals surface area (Å²) in [4.78, 5) is 12.1. The van der Waals surface area contributed by atoms with Crippen molar-refractivity contribution in [1.82, 2.24) is 0 Å². The number of carbonyl (C=O) groups is 1. The number of ether oxygens (including phenoxy) is 1. The quantitative estimate of drug-likeness (QED) is 0.646. The fourth-order valence-electron chi connectivity index (χ4n) is 6.68. The molecule has 0 unspecified atom stereocenters. The maximum atomic E-state index is 12.1. The smallest absolute Gasteiger partial charge is 0.136 e. The molecule has 0 aromatic carbocycles. The summed E-state index contributed by atoms with van der Waals surface area (Å²) in [5, 5.41) is 0.